The molecule has 2 unspecified atom stereocenters. The van der Waals surface area contributed by atoms with Gasteiger partial charge in [-0.25, -0.2) is 14.6 Å². The molecule has 1 fully saturated rings. The van der Waals surface area contributed by atoms with Gasteiger partial charge < -0.3 is 20.1 Å². The number of carbonyl (C=O) groups excluding carboxylic acids is 1. The van der Waals surface area contributed by atoms with Crippen LogP contribution in [0, 0.1) is 13.8 Å². The lowest BCUT2D eigenvalue weighted by molar-refractivity contribution is -0.147. The first kappa shape index (κ1) is 15.7. The number of amides is 2. The highest BCUT2D eigenvalue weighted by Gasteiger charge is 2.33. The van der Waals surface area contributed by atoms with Crippen LogP contribution in [-0.4, -0.2) is 52.8 Å². The zero-order valence-electron chi connectivity index (χ0n) is 12.3. The Morgan fingerprint density at radius 2 is 2.24 bits per heavy atom. The van der Waals surface area contributed by atoms with E-state index in [4.69, 9.17) is 9.84 Å². The fourth-order valence-electron chi connectivity index (χ4n) is 2.33. The van der Waals surface area contributed by atoms with Gasteiger partial charge in [-0.05, 0) is 20.8 Å². The maximum Gasteiger partial charge on any atom is 0.328 e. The number of urea groups is 1. The maximum absolute atomic E-state index is 12.3. The number of rotatable bonds is 3. The van der Waals surface area contributed by atoms with Gasteiger partial charge in [0.25, 0.3) is 0 Å². The first-order chi connectivity index (χ1) is 9.90. The minimum Gasteiger partial charge on any atom is -0.480 e. The van der Waals surface area contributed by atoms with Gasteiger partial charge in [-0.3, -0.25) is 0 Å². The Balaban J connectivity index is 2.06. The molecule has 2 amide bonds. The largest absolute Gasteiger partial charge is 0.480 e. The second-order valence-corrected chi connectivity index (χ2v) is 6.21. The van der Waals surface area contributed by atoms with E-state index in [9.17, 15) is 9.59 Å². The highest BCUT2D eigenvalue weighted by atomic mass is 32.1. The molecule has 1 aromatic rings. The second kappa shape index (κ2) is 6.40. The summed E-state index contributed by atoms with van der Waals surface area (Å²) in [5.74, 6) is -1.05. The van der Waals surface area contributed by atoms with Crippen LogP contribution < -0.4 is 5.32 Å². The Morgan fingerprint density at radius 1 is 1.52 bits per heavy atom. The van der Waals surface area contributed by atoms with E-state index < -0.39 is 12.0 Å². The smallest absolute Gasteiger partial charge is 0.328 e. The van der Waals surface area contributed by atoms with E-state index >= 15 is 0 Å². The zero-order valence-corrected chi connectivity index (χ0v) is 13.1. The van der Waals surface area contributed by atoms with Crippen molar-refractivity contribution < 1.29 is 19.4 Å². The SMILES string of the molecule is Cc1nc(C)c(C(C)NC(=O)N2CCOCC2C(=O)O)s1. The molecule has 2 rings (SSSR count). The number of aryl methyl sites for hydroxylation is 2. The molecule has 0 spiro atoms. The molecular formula is C13H19N3O4S. The Kier molecular flexibility index (Phi) is 4.79. The molecule has 2 atom stereocenters. The van der Waals surface area contributed by atoms with Gasteiger partial charge in [0.15, 0.2) is 6.04 Å². The summed E-state index contributed by atoms with van der Waals surface area (Å²) in [6.07, 6.45) is 0. The molecule has 1 aliphatic heterocycles. The fraction of sp³-hybridized carbons (Fsp3) is 0.615. The molecule has 21 heavy (non-hydrogen) atoms. The molecule has 0 aliphatic carbocycles. The zero-order chi connectivity index (χ0) is 15.6. The van der Waals surface area contributed by atoms with Gasteiger partial charge in [0.05, 0.1) is 30.0 Å². The van der Waals surface area contributed by atoms with Crippen molar-refractivity contribution in [2.45, 2.75) is 32.9 Å². The lowest BCUT2D eigenvalue weighted by Gasteiger charge is -2.33. The third-order valence-corrected chi connectivity index (χ3v) is 4.60. The van der Waals surface area contributed by atoms with E-state index in [2.05, 4.69) is 10.3 Å². The molecule has 0 bridgehead atoms. The first-order valence-electron chi connectivity index (χ1n) is 6.71. The van der Waals surface area contributed by atoms with Crippen LogP contribution in [0.25, 0.3) is 0 Å². The van der Waals surface area contributed by atoms with Gasteiger partial charge in [-0.2, -0.15) is 0 Å². The summed E-state index contributed by atoms with van der Waals surface area (Å²) in [7, 11) is 0. The Labute approximate surface area is 126 Å². The predicted molar refractivity (Wildman–Crippen MR) is 77.5 cm³/mol. The highest BCUT2D eigenvalue weighted by molar-refractivity contribution is 7.11. The molecule has 0 radical (unpaired) electrons. The Bertz CT molecular complexity index is 546. The third kappa shape index (κ3) is 3.51. The van der Waals surface area contributed by atoms with Crippen molar-refractivity contribution in [1.82, 2.24) is 15.2 Å². The van der Waals surface area contributed by atoms with Crippen molar-refractivity contribution in [2.75, 3.05) is 19.8 Å². The van der Waals surface area contributed by atoms with Crippen LogP contribution in [0.15, 0.2) is 0 Å². The Morgan fingerprint density at radius 3 is 2.81 bits per heavy atom. The minimum atomic E-state index is -1.05. The van der Waals surface area contributed by atoms with Crippen LogP contribution in [0.1, 0.15) is 28.5 Å². The van der Waals surface area contributed by atoms with Crippen molar-refractivity contribution in [2.24, 2.45) is 0 Å². The van der Waals surface area contributed by atoms with Gasteiger partial charge in [-0.1, -0.05) is 0 Å². The van der Waals surface area contributed by atoms with E-state index in [0.717, 1.165) is 15.6 Å². The maximum atomic E-state index is 12.3. The van der Waals surface area contributed by atoms with Crippen LogP contribution in [0.3, 0.4) is 0 Å². The fourth-order valence-corrected chi connectivity index (χ4v) is 3.26. The summed E-state index contributed by atoms with van der Waals surface area (Å²) < 4.78 is 5.13. The second-order valence-electron chi connectivity index (χ2n) is 4.98. The van der Waals surface area contributed by atoms with E-state index in [1.54, 1.807) is 0 Å². The first-order valence-corrected chi connectivity index (χ1v) is 7.53. The number of carbonyl (C=O) groups is 2. The summed E-state index contributed by atoms with van der Waals surface area (Å²) in [5.41, 5.74) is 0.891. The molecule has 0 saturated carbocycles. The molecule has 1 aliphatic rings. The average Bonchev–Trinajstić information content (AvgIpc) is 2.77. The standard InChI is InChI=1S/C13H19N3O4S/c1-7-11(21-9(3)14-7)8(2)15-13(19)16-4-5-20-6-10(16)12(17)18/h8,10H,4-6H2,1-3H3,(H,15,19)(H,17,18). The van der Waals surface area contributed by atoms with Crippen LogP contribution in [0.5, 0.6) is 0 Å². The highest BCUT2D eigenvalue weighted by Crippen LogP contribution is 2.24. The lowest BCUT2D eigenvalue weighted by Crippen LogP contribution is -2.55. The number of aromatic nitrogens is 1. The molecule has 1 saturated heterocycles. The quantitative estimate of drug-likeness (QED) is 0.878. The molecule has 2 N–H and O–H groups in total. The molecule has 116 valence electrons. The van der Waals surface area contributed by atoms with Crippen LogP contribution in [0.2, 0.25) is 0 Å². The molecule has 2 heterocycles. The number of thiazole rings is 1. The summed E-state index contributed by atoms with van der Waals surface area (Å²) >= 11 is 1.53. The van der Waals surface area contributed by atoms with Crippen LogP contribution in [0.4, 0.5) is 4.79 Å². The van der Waals surface area contributed by atoms with E-state index in [1.807, 2.05) is 20.8 Å². The normalized spacial score (nSPS) is 20.1. The number of morpholine rings is 1. The number of carboxylic acid groups (broad SMARTS) is 1. The Hall–Kier alpha value is -1.67. The summed E-state index contributed by atoms with van der Waals surface area (Å²) in [5, 5.41) is 12.9. The monoisotopic (exact) mass is 313 g/mol. The number of ether oxygens (including phenoxy) is 1. The van der Waals surface area contributed by atoms with Crippen molar-refractivity contribution in [3.05, 3.63) is 15.6 Å². The molecule has 7 nitrogen and oxygen atoms in total. The van der Waals surface area contributed by atoms with Gasteiger partial charge in [0.1, 0.15) is 0 Å². The number of nitrogens with one attached hydrogen (secondary N) is 1. The molecular weight excluding hydrogens is 294 g/mol. The van der Waals surface area contributed by atoms with Crippen LogP contribution >= 0.6 is 11.3 Å². The van der Waals surface area contributed by atoms with Gasteiger partial charge in [0, 0.05) is 11.4 Å². The van der Waals surface area contributed by atoms with Crippen molar-refractivity contribution >= 4 is 23.3 Å². The van der Waals surface area contributed by atoms with Crippen molar-refractivity contribution in [1.29, 1.82) is 0 Å². The summed E-state index contributed by atoms with van der Waals surface area (Å²) in [6.45, 7) is 6.33. The topological polar surface area (TPSA) is 91.8 Å². The van der Waals surface area contributed by atoms with Crippen molar-refractivity contribution in [3.8, 4) is 0 Å². The number of carboxylic acids is 1. The summed E-state index contributed by atoms with van der Waals surface area (Å²) in [6, 6.07) is -1.53. The molecule has 1 aromatic heterocycles. The van der Waals surface area contributed by atoms with Gasteiger partial charge in [-0.15, -0.1) is 11.3 Å². The number of aliphatic carboxylic acids is 1. The third-order valence-electron chi connectivity index (χ3n) is 3.35. The van der Waals surface area contributed by atoms with Crippen LogP contribution in [-0.2, 0) is 9.53 Å². The molecule has 0 aromatic carbocycles. The predicted octanol–water partition coefficient (Wildman–Crippen LogP) is 1.32. The minimum absolute atomic E-state index is 0.0236. The molecule has 8 heteroatoms. The average molecular weight is 313 g/mol. The van der Waals surface area contributed by atoms with E-state index in [0.29, 0.717) is 6.61 Å². The van der Waals surface area contributed by atoms with E-state index in [-0.39, 0.29) is 25.2 Å². The van der Waals surface area contributed by atoms with Gasteiger partial charge in [0.2, 0.25) is 0 Å². The number of nitrogens with zero attached hydrogens (tertiary/aromatic N) is 2. The van der Waals surface area contributed by atoms with Crippen molar-refractivity contribution in [3.63, 3.8) is 0 Å². The van der Waals surface area contributed by atoms with Gasteiger partial charge >= 0.3 is 12.0 Å². The number of hydrogen-bond acceptors (Lipinski definition) is 5. The lowest BCUT2D eigenvalue weighted by atomic mass is 10.2. The summed E-state index contributed by atoms with van der Waals surface area (Å²) in [4.78, 5) is 30.1. The number of hydrogen-bond donors (Lipinski definition) is 2. The van der Waals surface area contributed by atoms with E-state index in [1.165, 1.54) is 16.2 Å².